The van der Waals surface area contributed by atoms with Crippen LogP contribution in [0.25, 0.3) is 0 Å². The Hall–Kier alpha value is -1.42. The number of amides is 1. The van der Waals surface area contributed by atoms with E-state index >= 15 is 0 Å². The van der Waals surface area contributed by atoms with E-state index in [-0.39, 0.29) is 11.9 Å². The van der Waals surface area contributed by atoms with Gasteiger partial charge in [0.05, 0.1) is 11.0 Å². The second-order valence-electron chi connectivity index (χ2n) is 4.08. The molecule has 0 radical (unpaired) electrons. The molecule has 0 aliphatic rings. The molecule has 0 bridgehead atoms. The molecule has 1 aromatic carbocycles. The van der Waals surface area contributed by atoms with E-state index in [9.17, 15) is 4.79 Å². The summed E-state index contributed by atoms with van der Waals surface area (Å²) < 4.78 is 0. The number of hydrogen-bond acceptors (Lipinski definition) is 2. The van der Waals surface area contributed by atoms with Crippen LogP contribution in [-0.2, 0) is 0 Å². The number of carbonyl (C=O) groups is 1. The lowest BCUT2D eigenvalue weighted by atomic mass is 10.0. The van der Waals surface area contributed by atoms with Crippen LogP contribution < -0.4 is 11.1 Å². The maximum atomic E-state index is 12.1. The third-order valence-electron chi connectivity index (χ3n) is 2.91. The standard InChI is InChI=1S/C13H18N2OS/c1-4-11(12(14)17)15-13(16)10-7-5-6-8(2)9(10)3/h5-7,11H,4H2,1-3H3,(H2,14,17)(H,15,16). The third kappa shape index (κ3) is 3.27. The van der Waals surface area contributed by atoms with Gasteiger partial charge in [0.15, 0.2) is 0 Å². The van der Waals surface area contributed by atoms with Crippen LogP contribution in [0, 0.1) is 13.8 Å². The zero-order valence-electron chi connectivity index (χ0n) is 10.4. The van der Waals surface area contributed by atoms with E-state index in [1.165, 1.54) is 0 Å². The first-order valence-corrected chi connectivity index (χ1v) is 6.04. The largest absolute Gasteiger partial charge is 0.392 e. The molecule has 0 heterocycles. The first-order valence-electron chi connectivity index (χ1n) is 5.63. The van der Waals surface area contributed by atoms with Crippen molar-refractivity contribution in [1.82, 2.24) is 5.32 Å². The van der Waals surface area contributed by atoms with Crippen molar-refractivity contribution in [2.45, 2.75) is 33.2 Å². The number of carbonyl (C=O) groups excluding carboxylic acids is 1. The number of hydrogen-bond donors (Lipinski definition) is 2. The summed E-state index contributed by atoms with van der Waals surface area (Å²) in [5, 5.41) is 2.85. The van der Waals surface area contributed by atoms with E-state index in [0.29, 0.717) is 17.0 Å². The molecule has 0 aromatic heterocycles. The summed E-state index contributed by atoms with van der Waals surface area (Å²) in [6.45, 7) is 5.86. The molecule has 1 rings (SSSR count). The van der Waals surface area contributed by atoms with Crippen LogP contribution >= 0.6 is 12.2 Å². The molecule has 0 saturated heterocycles. The predicted octanol–water partition coefficient (Wildman–Crippen LogP) is 2.10. The van der Waals surface area contributed by atoms with E-state index in [1.54, 1.807) is 0 Å². The Labute approximate surface area is 107 Å². The molecule has 1 atom stereocenters. The van der Waals surface area contributed by atoms with Crippen molar-refractivity contribution >= 4 is 23.1 Å². The third-order valence-corrected chi connectivity index (χ3v) is 3.19. The Morgan fingerprint density at radius 1 is 1.47 bits per heavy atom. The van der Waals surface area contributed by atoms with Gasteiger partial charge in [-0.1, -0.05) is 31.3 Å². The summed E-state index contributed by atoms with van der Waals surface area (Å²) in [6.07, 6.45) is 0.700. The van der Waals surface area contributed by atoms with Gasteiger partial charge >= 0.3 is 0 Å². The van der Waals surface area contributed by atoms with Crippen LogP contribution in [0.1, 0.15) is 34.8 Å². The van der Waals surface area contributed by atoms with Gasteiger partial charge in [0, 0.05) is 5.56 Å². The maximum Gasteiger partial charge on any atom is 0.252 e. The molecule has 1 unspecified atom stereocenters. The molecule has 0 fully saturated rings. The number of benzene rings is 1. The molecule has 0 aliphatic heterocycles. The SMILES string of the molecule is CCC(NC(=O)c1cccc(C)c1C)C(N)=S. The Bertz CT molecular complexity index is 443. The number of nitrogens with one attached hydrogen (secondary N) is 1. The molecule has 1 aromatic rings. The molecular formula is C13H18N2OS. The monoisotopic (exact) mass is 250 g/mol. The summed E-state index contributed by atoms with van der Waals surface area (Å²) in [5.74, 6) is -0.120. The fourth-order valence-corrected chi connectivity index (χ4v) is 1.83. The van der Waals surface area contributed by atoms with Crippen LogP contribution in [-0.4, -0.2) is 16.9 Å². The molecule has 0 aliphatic carbocycles. The average molecular weight is 250 g/mol. The Morgan fingerprint density at radius 2 is 2.12 bits per heavy atom. The van der Waals surface area contributed by atoms with Crippen LogP contribution in [0.4, 0.5) is 0 Å². The molecule has 1 amide bonds. The second kappa shape index (κ2) is 5.77. The lowest BCUT2D eigenvalue weighted by Crippen LogP contribution is -2.43. The highest BCUT2D eigenvalue weighted by Crippen LogP contribution is 2.12. The van der Waals surface area contributed by atoms with Crippen molar-refractivity contribution in [3.63, 3.8) is 0 Å². The Balaban J connectivity index is 2.90. The minimum Gasteiger partial charge on any atom is -0.392 e. The highest BCUT2D eigenvalue weighted by molar-refractivity contribution is 7.80. The summed E-state index contributed by atoms with van der Waals surface area (Å²) in [6, 6.07) is 5.43. The van der Waals surface area contributed by atoms with Crippen molar-refractivity contribution in [3.8, 4) is 0 Å². The van der Waals surface area contributed by atoms with Crippen molar-refractivity contribution in [3.05, 3.63) is 34.9 Å². The highest BCUT2D eigenvalue weighted by Gasteiger charge is 2.16. The Morgan fingerprint density at radius 3 is 2.65 bits per heavy atom. The van der Waals surface area contributed by atoms with Gasteiger partial charge in [-0.15, -0.1) is 0 Å². The van der Waals surface area contributed by atoms with Crippen LogP contribution in [0.2, 0.25) is 0 Å². The predicted molar refractivity (Wildman–Crippen MR) is 74.2 cm³/mol. The zero-order chi connectivity index (χ0) is 13.0. The van der Waals surface area contributed by atoms with E-state index in [2.05, 4.69) is 5.32 Å². The second-order valence-corrected chi connectivity index (χ2v) is 4.56. The average Bonchev–Trinajstić information content (AvgIpc) is 2.28. The molecule has 4 heteroatoms. The van der Waals surface area contributed by atoms with Gasteiger partial charge in [0.25, 0.3) is 5.91 Å². The molecule has 92 valence electrons. The van der Waals surface area contributed by atoms with E-state index in [0.717, 1.165) is 11.1 Å². The molecule has 3 nitrogen and oxygen atoms in total. The topological polar surface area (TPSA) is 55.1 Å². The van der Waals surface area contributed by atoms with Gasteiger partial charge < -0.3 is 11.1 Å². The maximum absolute atomic E-state index is 12.1. The van der Waals surface area contributed by atoms with E-state index in [1.807, 2.05) is 39.0 Å². The van der Waals surface area contributed by atoms with Crippen LogP contribution in [0.3, 0.4) is 0 Å². The van der Waals surface area contributed by atoms with Crippen molar-refractivity contribution in [2.24, 2.45) is 5.73 Å². The fourth-order valence-electron chi connectivity index (χ4n) is 1.61. The van der Waals surface area contributed by atoms with Crippen LogP contribution in [0.15, 0.2) is 18.2 Å². The van der Waals surface area contributed by atoms with Crippen molar-refractivity contribution < 1.29 is 4.79 Å². The number of aryl methyl sites for hydroxylation is 1. The van der Waals surface area contributed by atoms with Gasteiger partial charge in [0.1, 0.15) is 0 Å². The van der Waals surface area contributed by atoms with Gasteiger partial charge in [0.2, 0.25) is 0 Å². The normalized spacial score (nSPS) is 11.9. The molecule has 0 saturated carbocycles. The fraction of sp³-hybridized carbons (Fsp3) is 0.385. The number of rotatable bonds is 4. The number of nitrogens with two attached hydrogens (primary N) is 1. The van der Waals surface area contributed by atoms with Crippen molar-refractivity contribution in [2.75, 3.05) is 0 Å². The molecule has 0 spiro atoms. The van der Waals surface area contributed by atoms with Crippen LogP contribution in [0.5, 0.6) is 0 Å². The van der Waals surface area contributed by atoms with Gasteiger partial charge in [-0.05, 0) is 37.5 Å². The summed E-state index contributed by atoms with van der Waals surface area (Å²) >= 11 is 4.91. The molecular weight excluding hydrogens is 232 g/mol. The van der Waals surface area contributed by atoms with Crippen molar-refractivity contribution in [1.29, 1.82) is 0 Å². The minimum absolute atomic E-state index is 0.120. The zero-order valence-corrected chi connectivity index (χ0v) is 11.2. The first-order chi connectivity index (χ1) is 7.97. The highest BCUT2D eigenvalue weighted by atomic mass is 32.1. The minimum atomic E-state index is -0.239. The summed E-state index contributed by atoms with van der Waals surface area (Å²) in [4.78, 5) is 12.4. The Kier molecular flexibility index (Phi) is 4.63. The van der Waals surface area contributed by atoms with E-state index < -0.39 is 0 Å². The lowest BCUT2D eigenvalue weighted by molar-refractivity contribution is 0.0945. The van der Waals surface area contributed by atoms with Gasteiger partial charge in [-0.2, -0.15) is 0 Å². The number of thiocarbonyl (C=S) groups is 1. The molecule has 3 N–H and O–H groups in total. The summed E-state index contributed by atoms with van der Waals surface area (Å²) in [5.41, 5.74) is 8.33. The summed E-state index contributed by atoms with van der Waals surface area (Å²) in [7, 11) is 0. The van der Waals surface area contributed by atoms with Gasteiger partial charge in [-0.25, -0.2) is 0 Å². The quantitative estimate of drug-likeness (QED) is 0.805. The lowest BCUT2D eigenvalue weighted by Gasteiger charge is -2.16. The smallest absolute Gasteiger partial charge is 0.252 e. The first kappa shape index (κ1) is 13.6. The molecule has 17 heavy (non-hydrogen) atoms. The van der Waals surface area contributed by atoms with Gasteiger partial charge in [-0.3, -0.25) is 4.79 Å². The van der Waals surface area contributed by atoms with E-state index in [4.69, 9.17) is 18.0 Å².